The number of carbonyl (C=O) groups is 1. The molecule has 0 unspecified atom stereocenters. The summed E-state index contributed by atoms with van der Waals surface area (Å²) in [6, 6.07) is 7.83. The summed E-state index contributed by atoms with van der Waals surface area (Å²) >= 11 is 0. The van der Waals surface area contributed by atoms with Crippen LogP contribution in [0.1, 0.15) is 31.2 Å². The molecule has 0 spiro atoms. The van der Waals surface area contributed by atoms with Gasteiger partial charge in [0.25, 0.3) is 0 Å². The van der Waals surface area contributed by atoms with Gasteiger partial charge in [-0.2, -0.15) is 0 Å². The van der Waals surface area contributed by atoms with E-state index in [1.54, 1.807) is 0 Å². The van der Waals surface area contributed by atoms with E-state index >= 15 is 0 Å². The van der Waals surface area contributed by atoms with Gasteiger partial charge in [-0.1, -0.05) is 12.1 Å². The number of aldehydes is 1. The van der Waals surface area contributed by atoms with Crippen molar-refractivity contribution >= 4 is 6.29 Å². The van der Waals surface area contributed by atoms with E-state index in [2.05, 4.69) is 0 Å². The molecule has 1 aliphatic rings. The Balaban J connectivity index is 2.00. The Hall–Kier alpha value is -1.31. The molecule has 1 aromatic carbocycles. The Kier molecular flexibility index (Phi) is 3.38. The van der Waals surface area contributed by atoms with Crippen LogP contribution in [0.5, 0.6) is 5.75 Å². The lowest BCUT2D eigenvalue weighted by Crippen LogP contribution is -2.10. The van der Waals surface area contributed by atoms with Crippen LogP contribution in [0.15, 0.2) is 24.3 Å². The highest BCUT2D eigenvalue weighted by Crippen LogP contribution is 2.24. The van der Waals surface area contributed by atoms with Crippen molar-refractivity contribution < 1.29 is 9.53 Å². The second-order valence-electron chi connectivity index (χ2n) is 4.04. The molecule has 0 N–H and O–H groups in total. The SMILES string of the molecule is O=CCc1cccc(OC2CCCC2)c1. The number of carbonyl (C=O) groups excluding carboxylic acids is 1. The van der Waals surface area contributed by atoms with E-state index in [1.807, 2.05) is 24.3 Å². The summed E-state index contributed by atoms with van der Waals surface area (Å²) in [5, 5.41) is 0. The monoisotopic (exact) mass is 204 g/mol. The van der Waals surface area contributed by atoms with Crippen molar-refractivity contribution in [3.05, 3.63) is 29.8 Å². The van der Waals surface area contributed by atoms with Crippen LogP contribution in [0, 0.1) is 0 Å². The second kappa shape index (κ2) is 4.96. The first kappa shape index (κ1) is 10.2. The topological polar surface area (TPSA) is 26.3 Å². The van der Waals surface area contributed by atoms with Crippen LogP contribution in [0.2, 0.25) is 0 Å². The molecule has 1 aromatic rings. The summed E-state index contributed by atoms with van der Waals surface area (Å²) in [4.78, 5) is 10.4. The van der Waals surface area contributed by atoms with Gasteiger partial charge in [0, 0.05) is 6.42 Å². The van der Waals surface area contributed by atoms with Gasteiger partial charge < -0.3 is 9.53 Å². The molecule has 2 nitrogen and oxygen atoms in total. The smallest absolute Gasteiger partial charge is 0.124 e. The van der Waals surface area contributed by atoms with Crippen LogP contribution in [0.3, 0.4) is 0 Å². The minimum Gasteiger partial charge on any atom is -0.490 e. The van der Waals surface area contributed by atoms with E-state index in [0.29, 0.717) is 12.5 Å². The van der Waals surface area contributed by atoms with Crippen molar-refractivity contribution in [2.75, 3.05) is 0 Å². The number of hydrogen-bond acceptors (Lipinski definition) is 2. The fourth-order valence-corrected chi connectivity index (χ4v) is 2.04. The molecule has 80 valence electrons. The van der Waals surface area contributed by atoms with Gasteiger partial charge in [-0.3, -0.25) is 0 Å². The van der Waals surface area contributed by atoms with Crippen LogP contribution >= 0.6 is 0 Å². The van der Waals surface area contributed by atoms with E-state index in [1.165, 1.54) is 12.8 Å². The zero-order chi connectivity index (χ0) is 10.5. The van der Waals surface area contributed by atoms with E-state index in [9.17, 15) is 4.79 Å². The molecule has 1 saturated carbocycles. The van der Waals surface area contributed by atoms with Gasteiger partial charge in [-0.25, -0.2) is 0 Å². The molecule has 0 radical (unpaired) electrons. The first-order valence-corrected chi connectivity index (χ1v) is 5.58. The van der Waals surface area contributed by atoms with Crippen molar-refractivity contribution in [2.45, 2.75) is 38.2 Å². The molecule has 2 heteroatoms. The highest BCUT2D eigenvalue weighted by Gasteiger charge is 2.16. The Morgan fingerprint density at radius 1 is 1.33 bits per heavy atom. The van der Waals surface area contributed by atoms with Crippen molar-refractivity contribution in [2.24, 2.45) is 0 Å². The summed E-state index contributed by atoms with van der Waals surface area (Å²) in [5.74, 6) is 0.904. The summed E-state index contributed by atoms with van der Waals surface area (Å²) in [6.45, 7) is 0. The Bertz CT molecular complexity index is 327. The molecular formula is C13H16O2. The molecule has 0 heterocycles. The van der Waals surface area contributed by atoms with Crippen LogP contribution in [0.4, 0.5) is 0 Å². The van der Waals surface area contributed by atoms with Crippen molar-refractivity contribution in [1.82, 2.24) is 0 Å². The summed E-state index contributed by atoms with van der Waals surface area (Å²) in [5.41, 5.74) is 1.03. The third-order valence-corrected chi connectivity index (χ3v) is 2.82. The van der Waals surface area contributed by atoms with Gasteiger partial charge in [0.1, 0.15) is 12.0 Å². The zero-order valence-corrected chi connectivity index (χ0v) is 8.82. The highest BCUT2D eigenvalue weighted by atomic mass is 16.5. The fraction of sp³-hybridized carbons (Fsp3) is 0.462. The molecule has 1 fully saturated rings. The maximum Gasteiger partial charge on any atom is 0.124 e. The Morgan fingerprint density at radius 3 is 2.87 bits per heavy atom. The van der Waals surface area contributed by atoms with Gasteiger partial charge in [-0.05, 0) is 43.4 Å². The standard InChI is InChI=1S/C13H16O2/c14-9-8-11-4-3-7-13(10-11)15-12-5-1-2-6-12/h3-4,7,9-10,12H,1-2,5-6,8H2. The summed E-state index contributed by atoms with van der Waals surface area (Å²) in [7, 11) is 0. The lowest BCUT2D eigenvalue weighted by Gasteiger charge is -2.13. The predicted molar refractivity (Wildman–Crippen MR) is 59.1 cm³/mol. The Morgan fingerprint density at radius 2 is 2.13 bits per heavy atom. The van der Waals surface area contributed by atoms with Crippen LogP contribution in [0.25, 0.3) is 0 Å². The normalized spacial score (nSPS) is 16.5. The van der Waals surface area contributed by atoms with Gasteiger partial charge in [0.15, 0.2) is 0 Å². The van der Waals surface area contributed by atoms with Gasteiger partial charge >= 0.3 is 0 Å². The third-order valence-electron chi connectivity index (χ3n) is 2.82. The number of ether oxygens (including phenoxy) is 1. The van der Waals surface area contributed by atoms with Gasteiger partial charge in [0.2, 0.25) is 0 Å². The second-order valence-corrected chi connectivity index (χ2v) is 4.04. The number of rotatable bonds is 4. The fourth-order valence-electron chi connectivity index (χ4n) is 2.04. The van der Waals surface area contributed by atoms with Crippen LogP contribution < -0.4 is 4.74 Å². The molecule has 0 amide bonds. The third kappa shape index (κ3) is 2.82. The minimum absolute atomic E-state index is 0.386. The molecule has 0 atom stereocenters. The summed E-state index contributed by atoms with van der Waals surface area (Å²) in [6.07, 6.45) is 6.67. The molecule has 0 aromatic heterocycles. The van der Waals surface area contributed by atoms with E-state index in [-0.39, 0.29) is 0 Å². The average molecular weight is 204 g/mol. The molecule has 1 aliphatic carbocycles. The molecular weight excluding hydrogens is 188 g/mol. The van der Waals surface area contributed by atoms with E-state index < -0.39 is 0 Å². The lowest BCUT2D eigenvalue weighted by atomic mass is 10.1. The largest absolute Gasteiger partial charge is 0.490 e. The van der Waals surface area contributed by atoms with Crippen molar-refractivity contribution in [1.29, 1.82) is 0 Å². The molecule has 2 rings (SSSR count). The summed E-state index contributed by atoms with van der Waals surface area (Å²) < 4.78 is 5.85. The van der Waals surface area contributed by atoms with Crippen molar-refractivity contribution in [3.8, 4) is 5.75 Å². The first-order valence-electron chi connectivity index (χ1n) is 5.58. The maximum atomic E-state index is 10.4. The molecule has 15 heavy (non-hydrogen) atoms. The number of benzene rings is 1. The molecule has 0 bridgehead atoms. The molecule has 0 aliphatic heterocycles. The van der Waals surface area contributed by atoms with Crippen LogP contribution in [-0.4, -0.2) is 12.4 Å². The first-order chi connectivity index (χ1) is 7.38. The Labute approximate surface area is 90.3 Å². The minimum atomic E-state index is 0.386. The van der Waals surface area contributed by atoms with Gasteiger partial charge in [-0.15, -0.1) is 0 Å². The molecule has 0 saturated heterocycles. The van der Waals surface area contributed by atoms with Crippen molar-refractivity contribution in [3.63, 3.8) is 0 Å². The lowest BCUT2D eigenvalue weighted by molar-refractivity contribution is -0.107. The maximum absolute atomic E-state index is 10.4. The van der Waals surface area contributed by atoms with E-state index in [0.717, 1.165) is 30.4 Å². The van der Waals surface area contributed by atoms with E-state index in [4.69, 9.17) is 4.74 Å². The quantitative estimate of drug-likeness (QED) is 0.705. The predicted octanol–water partition coefficient (Wildman–Crippen LogP) is 2.75. The van der Waals surface area contributed by atoms with Gasteiger partial charge in [0.05, 0.1) is 6.10 Å². The average Bonchev–Trinajstić information content (AvgIpc) is 2.71. The van der Waals surface area contributed by atoms with Crippen LogP contribution in [-0.2, 0) is 11.2 Å². The zero-order valence-electron chi connectivity index (χ0n) is 8.82. The number of hydrogen-bond donors (Lipinski definition) is 0. The highest BCUT2D eigenvalue weighted by molar-refractivity contribution is 5.55.